The third kappa shape index (κ3) is 14.7. The lowest BCUT2D eigenvalue weighted by atomic mass is 9.86. The smallest absolute Gasteiger partial charge is 0.410 e. The zero-order chi connectivity index (χ0) is 45.3. The van der Waals surface area contributed by atoms with E-state index in [4.69, 9.17) is 40.4 Å². The van der Waals surface area contributed by atoms with Crippen molar-refractivity contribution in [2.75, 3.05) is 0 Å². The summed E-state index contributed by atoms with van der Waals surface area (Å²) in [6.45, 7) is 15.9. The molecular formula is C48H75ClN6O8. The highest BCUT2D eigenvalue weighted by molar-refractivity contribution is 6.29. The Morgan fingerprint density at radius 3 is 1.24 bits per heavy atom. The SMILES string of the molecule is CC(C)(C)OC(=O)N1[C@@H]2CC[C@H]1CC(Oc1ccc(Cl)nn1)C2.CCC1CCC(O)CC1.CCC1CCC(Oc2ccc(OC3C[C@H]4CC[C@@H](C3)N4C(=O)OC(C)(C)C)nn2)CC1. The summed E-state index contributed by atoms with van der Waals surface area (Å²) in [6, 6.07) is 7.79. The largest absolute Gasteiger partial charge is 0.473 e. The predicted octanol–water partition coefficient (Wildman–Crippen LogP) is 10.5. The number of aliphatic hydroxyl groups excluding tert-OH is 1. The quantitative estimate of drug-likeness (QED) is 0.268. The van der Waals surface area contributed by atoms with Crippen LogP contribution >= 0.6 is 11.6 Å². The Morgan fingerprint density at radius 1 is 0.556 bits per heavy atom. The van der Waals surface area contributed by atoms with Gasteiger partial charge in [-0.25, -0.2) is 9.59 Å². The average Bonchev–Trinajstić information content (AvgIpc) is 3.67. The minimum Gasteiger partial charge on any atom is -0.473 e. The molecule has 4 aliphatic heterocycles. The number of amides is 2. The van der Waals surface area contributed by atoms with Crippen LogP contribution in [-0.4, -0.2) is 107 Å². The van der Waals surface area contributed by atoms with E-state index in [9.17, 15) is 9.59 Å². The molecule has 2 aromatic heterocycles. The second-order valence-electron chi connectivity index (χ2n) is 20.6. The maximum Gasteiger partial charge on any atom is 0.410 e. The highest BCUT2D eigenvalue weighted by Crippen LogP contribution is 2.40. The van der Waals surface area contributed by atoms with Crippen molar-refractivity contribution in [2.45, 2.75) is 231 Å². The first-order valence-corrected chi connectivity index (χ1v) is 24.4. The molecule has 2 aliphatic carbocycles. The van der Waals surface area contributed by atoms with Gasteiger partial charge in [0.25, 0.3) is 0 Å². The summed E-state index contributed by atoms with van der Waals surface area (Å²) in [5, 5.41) is 25.7. The average molecular weight is 900 g/mol. The molecule has 2 amide bonds. The molecule has 0 aromatic carbocycles. The minimum atomic E-state index is -0.474. The van der Waals surface area contributed by atoms with E-state index in [-0.39, 0.29) is 60.8 Å². The van der Waals surface area contributed by atoms with Gasteiger partial charge in [0, 0.05) is 68.0 Å². The van der Waals surface area contributed by atoms with Gasteiger partial charge in [-0.2, -0.15) is 0 Å². The van der Waals surface area contributed by atoms with Crippen molar-refractivity contribution in [3.63, 3.8) is 0 Å². The van der Waals surface area contributed by atoms with Gasteiger partial charge in [0.15, 0.2) is 5.15 Å². The molecule has 2 saturated carbocycles. The van der Waals surface area contributed by atoms with Gasteiger partial charge in [0.05, 0.1) is 6.10 Å². The van der Waals surface area contributed by atoms with E-state index in [1.165, 1.54) is 38.5 Å². The maximum absolute atomic E-state index is 12.6. The van der Waals surface area contributed by atoms with Crippen molar-refractivity contribution in [1.82, 2.24) is 30.2 Å². The number of nitrogens with zero attached hydrogens (tertiary/aromatic N) is 6. The summed E-state index contributed by atoms with van der Waals surface area (Å²) in [6.07, 6.45) is 18.9. The number of fused-ring (bicyclic) bond motifs is 4. The van der Waals surface area contributed by atoms with Crippen molar-refractivity contribution < 1.29 is 38.4 Å². The molecule has 352 valence electrons. The third-order valence-electron chi connectivity index (χ3n) is 13.4. The van der Waals surface area contributed by atoms with Crippen molar-refractivity contribution >= 4 is 23.8 Å². The Hall–Kier alpha value is -3.65. The van der Waals surface area contributed by atoms with Crippen molar-refractivity contribution in [2.24, 2.45) is 11.8 Å². The van der Waals surface area contributed by atoms with Crippen LogP contribution in [0, 0.1) is 11.8 Å². The number of carbonyl (C=O) groups is 2. The van der Waals surface area contributed by atoms with Crippen molar-refractivity contribution in [3.8, 4) is 17.6 Å². The lowest BCUT2D eigenvalue weighted by Gasteiger charge is -2.39. The van der Waals surface area contributed by atoms with Crippen LogP contribution in [0.25, 0.3) is 0 Å². The zero-order valence-corrected chi connectivity index (χ0v) is 39.9. The highest BCUT2D eigenvalue weighted by Gasteiger charge is 2.47. The summed E-state index contributed by atoms with van der Waals surface area (Å²) in [5.74, 6) is 3.33. The molecule has 2 aromatic rings. The molecule has 8 rings (SSSR count). The van der Waals surface area contributed by atoms with Gasteiger partial charge in [0.2, 0.25) is 17.6 Å². The lowest BCUT2D eigenvalue weighted by Crippen LogP contribution is -2.50. The fraction of sp³-hybridized carbons (Fsp3) is 0.792. The van der Waals surface area contributed by atoms with Crippen LogP contribution in [0.5, 0.6) is 17.6 Å². The van der Waals surface area contributed by atoms with Crippen LogP contribution in [0.3, 0.4) is 0 Å². The van der Waals surface area contributed by atoms with E-state index >= 15 is 0 Å². The Balaban J connectivity index is 0.000000180. The lowest BCUT2D eigenvalue weighted by molar-refractivity contribution is -0.00897. The first kappa shape index (κ1) is 48.8. The molecule has 0 spiro atoms. The van der Waals surface area contributed by atoms with E-state index in [0.717, 1.165) is 88.9 Å². The van der Waals surface area contributed by atoms with Crippen LogP contribution in [0.2, 0.25) is 5.15 Å². The summed E-state index contributed by atoms with van der Waals surface area (Å²) < 4.78 is 29.2. The second kappa shape index (κ2) is 22.0. The molecule has 1 N–H and O–H groups in total. The molecule has 4 saturated heterocycles. The minimum absolute atomic E-state index is 0.0211. The second-order valence-corrected chi connectivity index (χ2v) is 21.0. The number of aliphatic hydroxyl groups is 1. The van der Waals surface area contributed by atoms with Gasteiger partial charge in [-0.05, 0) is 136 Å². The molecule has 6 aliphatic rings. The van der Waals surface area contributed by atoms with Gasteiger partial charge in [-0.3, -0.25) is 0 Å². The number of aromatic nitrogens is 4. The molecule has 6 heterocycles. The van der Waals surface area contributed by atoms with Crippen molar-refractivity contribution in [3.05, 3.63) is 29.4 Å². The summed E-state index contributed by atoms with van der Waals surface area (Å²) in [4.78, 5) is 28.8. The Morgan fingerprint density at radius 2 is 0.905 bits per heavy atom. The molecule has 63 heavy (non-hydrogen) atoms. The van der Waals surface area contributed by atoms with Gasteiger partial charge in [-0.15, -0.1) is 20.4 Å². The maximum atomic E-state index is 12.6. The summed E-state index contributed by atoms with van der Waals surface area (Å²) >= 11 is 5.73. The summed E-state index contributed by atoms with van der Waals surface area (Å²) in [5.41, 5.74) is -0.943. The van der Waals surface area contributed by atoms with Crippen LogP contribution in [0.15, 0.2) is 24.3 Å². The van der Waals surface area contributed by atoms with E-state index in [1.807, 2.05) is 63.5 Å². The number of halogens is 1. The van der Waals surface area contributed by atoms with Gasteiger partial charge in [-0.1, -0.05) is 38.3 Å². The van der Waals surface area contributed by atoms with Crippen LogP contribution < -0.4 is 14.2 Å². The van der Waals surface area contributed by atoms with Crippen LogP contribution in [0.4, 0.5) is 9.59 Å². The molecule has 0 radical (unpaired) electrons. The molecular weight excluding hydrogens is 824 g/mol. The first-order chi connectivity index (χ1) is 29.9. The normalized spacial score (nSPS) is 30.2. The van der Waals surface area contributed by atoms with Gasteiger partial charge >= 0.3 is 12.2 Å². The fourth-order valence-electron chi connectivity index (χ4n) is 10.2. The summed E-state index contributed by atoms with van der Waals surface area (Å²) in [7, 11) is 0. The third-order valence-corrected chi connectivity index (χ3v) is 13.6. The topological polar surface area (TPSA) is 159 Å². The van der Waals surface area contributed by atoms with E-state index in [0.29, 0.717) is 22.8 Å². The Bertz CT molecular complexity index is 1700. The Kier molecular flexibility index (Phi) is 17.1. The number of ether oxygens (including phenoxy) is 5. The predicted molar refractivity (Wildman–Crippen MR) is 241 cm³/mol. The monoisotopic (exact) mass is 899 g/mol. The number of rotatable bonds is 8. The standard InChI is InChI=1S/C24H37N3O4.C16H22ClN3O3.C8H16O/c1-5-16-6-10-19(11-7-16)29-21-12-13-22(26-25-21)30-20-14-17-8-9-18(15-20)27(17)23(28)31-24(2,3)4;1-16(2,3)23-15(21)20-10-4-5-11(20)9-12(8-10)22-14-7-6-13(17)18-19-14;1-2-7-3-5-8(9)6-4-7/h12-13,16-20H,5-11,14-15H2,1-4H3;6-7,10-12H,4-5,8-9H2,1-3H3;7-9H,2-6H2,1H3/t16?,17-,18+,19?,20?;10-,11+,12?;. The molecule has 2 unspecified atom stereocenters. The van der Waals surface area contributed by atoms with Gasteiger partial charge in [0.1, 0.15) is 29.5 Å². The molecule has 14 nitrogen and oxygen atoms in total. The Labute approximate surface area is 380 Å². The van der Waals surface area contributed by atoms with Crippen LogP contribution in [-0.2, 0) is 9.47 Å². The van der Waals surface area contributed by atoms with E-state index < -0.39 is 11.2 Å². The first-order valence-electron chi connectivity index (χ1n) is 24.0. The number of hydrogen-bond donors (Lipinski definition) is 1. The highest BCUT2D eigenvalue weighted by atomic mass is 35.5. The number of hydrogen-bond acceptors (Lipinski definition) is 12. The molecule has 15 heteroatoms. The number of carbonyl (C=O) groups excluding carboxylic acids is 2. The fourth-order valence-corrected chi connectivity index (χ4v) is 10.3. The van der Waals surface area contributed by atoms with E-state index in [2.05, 4.69) is 34.2 Å². The molecule has 6 atom stereocenters. The molecule has 6 fully saturated rings. The van der Waals surface area contributed by atoms with Crippen molar-refractivity contribution in [1.29, 1.82) is 0 Å². The molecule has 4 bridgehead atoms. The van der Waals surface area contributed by atoms with E-state index in [1.54, 1.807) is 12.1 Å². The van der Waals surface area contributed by atoms with Gasteiger partial charge < -0.3 is 38.6 Å². The zero-order valence-electron chi connectivity index (χ0n) is 39.2. The number of piperidine rings is 2. The van der Waals surface area contributed by atoms with Crippen LogP contribution in [0.1, 0.15) is 171 Å².